The second-order valence-electron chi connectivity index (χ2n) is 6.00. The predicted octanol–water partition coefficient (Wildman–Crippen LogP) is 2.28. The lowest BCUT2D eigenvalue weighted by molar-refractivity contribution is 0.0628. The predicted molar refractivity (Wildman–Crippen MR) is 100.0 cm³/mol. The third-order valence-electron chi connectivity index (χ3n) is 4.30. The summed E-state index contributed by atoms with van der Waals surface area (Å²) < 4.78 is 0. The van der Waals surface area contributed by atoms with E-state index in [2.05, 4.69) is 29.2 Å². The molecule has 0 saturated carbocycles. The van der Waals surface area contributed by atoms with Crippen LogP contribution in [0, 0.1) is 0 Å². The van der Waals surface area contributed by atoms with Crippen molar-refractivity contribution in [1.82, 2.24) is 9.80 Å². The zero-order valence-corrected chi connectivity index (χ0v) is 14.3. The molecule has 3 rings (SSSR count). The van der Waals surface area contributed by atoms with Gasteiger partial charge in [-0.05, 0) is 17.7 Å². The Balaban J connectivity index is 1.59. The number of hydrogen-bond acceptors (Lipinski definition) is 3. The average Bonchev–Trinajstić information content (AvgIpc) is 2.63. The Morgan fingerprint density at radius 1 is 0.958 bits per heavy atom. The molecule has 5 heteroatoms. The molecule has 0 atom stereocenters. The maximum atomic E-state index is 12.7. The standard InChI is InChI=1S/C19H21N3OS/c20-18(24)16-7-4-8-17(13-16)19(23)22-11-9-21(10-12-22)14-15-5-2-1-3-6-15/h1-8,13H,9-12,14H2,(H2,20,24). The SMILES string of the molecule is NC(=S)c1cccc(C(=O)N2CCN(Cc3ccccc3)CC2)c1. The van der Waals surface area contributed by atoms with Crippen LogP contribution >= 0.6 is 12.2 Å². The van der Waals surface area contributed by atoms with E-state index >= 15 is 0 Å². The lowest BCUT2D eigenvalue weighted by Gasteiger charge is -2.34. The molecule has 2 aromatic carbocycles. The van der Waals surface area contributed by atoms with Gasteiger partial charge in [0.1, 0.15) is 4.99 Å². The number of piperazine rings is 1. The van der Waals surface area contributed by atoms with Crippen LogP contribution in [0.3, 0.4) is 0 Å². The quantitative estimate of drug-likeness (QED) is 0.868. The molecule has 1 aliphatic heterocycles. The lowest BCUT2D eigenvalue weighted by atomic mass is 10.1. The van der Waals surface area contributed by atoms with Crippen molar-refractivity contribution in [1.29, 1.82) is 0 Å². The first-order valence-electron chi connectivity index (χ1n) is 8.09. The highest BCUT2D eigenvalue weighted by molar-refractivity contribution is 7.80. The molecular weight excluding hydrogens is 318 g/mol. The van der Waals surface area contributed by atoms with Crippen molar-refractivity contribution in [2.24, 2.45) is 5.73 Å². The van der Waals surface area contributed by atoms with Crippen LogP contribution in [0.15, 0.2) is 54.6 Å². The van der Waals surface area contributed by atoms with Gasteiger partial charge in [0.25, 0.3) is 5.91 Å². The second kappa shape index (κ2) is 7.55. The van der Waals surface area contributed by atoms with Crippen LogP contribution in [0.25, 0.3) is 0 Å². The minimum Gasteiger partial charge on any atom is -0.389 e. The number of benzene rings is 2. The molecule has 2 N–H and O–H groups in total. The summed E-state index contributed by atoms with van der Waals surface area (Å²) in [4.78, 5) is 17.3. The average molecular weight is 339 g/mol. The van der Waals surface area contributed by atoms with Crippen molar-refractivity contribution in [3.8, 4) is 0 Å². The first-order chi connectivity index (χ1) is 11.6. The van der Waals surface area contributed by atoms with Gasteiger partial charge in [-0.3, -0.25) is 9.69 Å². The summed E-state index contributed by atoms with van der Waals surface area (Å²) >= 11 is 4.99. The molecule has 0 aliphatic carbocycles. The third-order valence-corrected chi connectivity index (χ3v) is 4.54. The molecule has 124 valence electrons. The summed E-state index contributed by atoms with van der Waals surface area (Å²) in [6.07, 6.45) is 0. The van der Waals surface area contributed by atoms with Gasteiger partial charge in [0.15, 0.2) is 0 Å². The summed E-state index contributed by atoms with van der Waals surface area (Å²) in [6, 6.07) is 17.7. The molecule has 0 bridgehead atoms. The van der Waals surface area contributed by atoms with E-state index in [-0.39, 0.29) is 5.91 Å². The van der Waals surface area contributed by atoms with Crippen LogP contribution in [-0.4, -0.2) is 46.9 Å². The number of rotatable bonds is 4. The highest BCUT2D eigenvalue weighted by Gasteiger charge is 2.22. The summed E-state index contributed by atoms with van der Waals surface area (Å²) in [5.41, 5.74) is 8.34. The minimum absolute atomic E-state index is 0.0486. The third kappa shape index (κ3) is 3.99. The maximum Gasteiger partial charge on any atom is 0.253 e. The molecule has 1 fully saturated rings. The van der Waals surface area contributed by atoms with E-state index in [4.69, 9.17) is 18.0 Å². The van der Waals surface area contributed by atoms with Gasteiger partial charge in [0.2, 0.25) is 0 Å². The van der Waals surface area contributed by atoms with Crippen LogP contribution in [-0.2, 0) is 6.54 Å². The topological polar surface area (TPSA) is 49.6 Å². The second-order valence-corrected chi connectivity index (χ2v) is 6.44. The molecule has 0 radical (unpaired) electrons. The van der Waals surface area contributed by atoms with Gasteiger partial charge in [-0.2, -0.15) is 0 Å². The molecule has 0 unspecified atom stereocenters. The van der Waals surface area contributed by atoms with Crippen molar-refractivity contribution in [3.05, 3.63) is 71.3 Å². The monoisotopic (exact) mass is 339 g/mol. The van der Waals surface area contributed by atoms with Crippen molar-refractivity contribution in [3.63, 3.8) is 0 Å². The fourth-order valence-corrected chi connectivity index (χ4v) is 3.07. The Hall–Kier alpha value is -2.24. The Morgan fingerprint density at radius 2 is 1.62 bits per heavy atom. The van der Waals surface area contributed by atoms with Gasteiger partial charge in [-0.25, -0.2) is 0 Å². The summed E-state index contributed by atoms with van der Waals surface area (Å²) in [5, 5.41) is 0. The number of carbonyl (C=O) groups is 1. The molecule has 2 aromatic rings. The number of carbonyl (C=O) groups excluding carboxylic acids is 1. The maximum absolute atomic E-state index is 12.7. The van der Waals surface area contributed by atoms with E-state index in [9.17, 15) is 4.79 Å². The van der Waals surface area contributed by atoms with Crippen LogP contribution in [0.5, 0.6) is 0 Å². The first kappa shape index (κ1) is 16.6. The Morgan fingerprint density at radius 3 is 2.29 bits per heavy atom. The van der Waals surface area contributed by atoms with Gasteiger partial charge in [0.05, 0.1) is 0 Å². The van der Waals surface area contributed by atoms with Crippen LogP contribution in [0.4, 0.5) is 0 Å². The number of nitrogens with zero attached hydrogens (tertiary/aromatic N) is 2. The smallest absolute Gasteiger partial charge is 0.253 e. The van der Waals surface area contributed by atoms with E-state index in [1.165, 1.54) is 5.56 Å². The van der Waals surface area contributed by atoms with Crippen molar-refractivity contribution in [2.45, 2.75) is 6.54 Å². The van der Waals surface area contributed by atoms with Crippen LogP contribution < -0.4 is 5.73 Å². The van der Waals surface area contributed by atoms with Gasteiger partial charge in [-0.1, -0.05) is 54.7 Å². The van der Waals surface area contributed by atoms with Gasteiger partial charge < -0.3 is 10.6 Å². The molecule has 0 spiro atoms. The summed E-state index contributed by atoms with van der Waals surface area (Å²) in [6.45, 7) is 4.18. The van der Waals surface area contributed by atoms with Crippen molar-refractivity contribution >= 4 is 23.1 Å². The largest absolute Gasteiger partial charge is 0.389 e. The fraction of sp³-hybridized carbons (Fsp3) is 0.263. The van der Waals surface area contributed by atoms with Gasteiger partial charge >= 0.3 is 0 Å². The zero-order valence-electron chi connectivity index (χ0n) is 13.5. The molecule has 24 heavy (non-hydrogen) atoms. The van der Waals surface area contributed by atoms with E-state index in [0.717, 1.165) is 38.3 Å². The number of nitrogens with two attached hydrogens (primary N) is 1. The number of thiocarbonyl (C=S) groups is 1. The van der Waals surface area contributed by atoms with Gasteiger partial charge in [-0.15, -0.1) is 0 Å². The first-order valence-corrected chi connectivity index (χ1v) is 8.50. The molecule has 1 heterocycles. The van der Waals surface area contributed by atoms with E-state index in [0.29, 0.717) is 10.6 Å². The molecule has 1 amide bonds. The van der Waals surface area contributed by atoms with E-state index in [1.54, 1.807) is 6.07 Å². The Bertz CT molecular complexity index is 724. The lowest BCUT2D eigenvalue weighted by Crippen LogP contribution is -2.48. The Kier molecular flexibility index (Phi) is 5.23. The summed E-state index contributed by atoms with van der Waals surface area (Å²) in [7, 11) is 0. The van der Waals surface area contributed by atoms with Crippen molar-refractivity contribution < 1.29 is 4.79 Å². The van der Waals surface area contributed by atoms with E-state index in [1.807, 2.05) is 29.2 Å². The molecule has 1 saturated heterocycles. The normalized spacial score (nSPS) is 15.2. The molecule has 1 aliphatic rings. The van der Waals surface area contributed by atoms with Crippen LogP contribution in [0.1, 0.15) is 21.5 Å². The Labute approximate surface area is 147 Å². The molecule has 4 nitrogen and oxygen atoms in total. The number of amides is 1. The van der Waals surface area contributed by atoms with Crippen molar-refractivity contribution in [2.75, 3.05) is 26.2 Å². The molecule has 0 aromatic heterocycles. The highest BCUT2D eigenvalue weighted by Crippen LogP contribution is 2.13. The van der Waals surface area contributed by atoms with E-state index < -0.39 is 0 Å². The summed E-state index contributed by atoms with van der Waals surface area (Å²) in [5.74, 6) is 0.0486. The number of hydrogen-bond donors (Lipinski definition) is 1. The highest BCUT2D eigenvalue weighted by atomic mass is 32.1. The zero-order chi connectivity index (χ0) is 16.9. The van der Waals surface area contributed by atoms with Gasteiger partial charge in [0, 0.05) is 43.9 Å². The molecular formula is C19H21N3OS. The van der Waals surface area contributed by atoms with Crippen LogP contribution in [0.2, 0.25) is 0 Å². The minimum atomic E-state index is 0.0486. The fourth-order valence-electron chi connectivity index (χ4n) is 2.94.